The summed E-state index contributed by atoms with van der Waals surface area (Å²) in [6.07, 6.45) is 1.23. The molecule has 1 atom stereocenters. The first-order chi connectivity index (χ1) is 8.26. The second-order valence-electron chi connectivity index (χ2n) is 3.79. The van der Waals surface area contributed by atoms with Gasteiger partial charge in [-0.2, -0.15) is 0 Å². The second-order valence-corrected chi connectivity index (χ2v) is 5.85. The van der Waals surface area contributed by atoms with Crippen molar-refractivity contribution in [3.8, 4) is 11.5 Å². The molecular weight excluding hydrogens is 302 g/mol. The molecule has 3 nitrogen and oxygen atoms in total. The average Bonchev–Trinajstić information content (AvgIpc) is 2.39. The van der Waals surface area contributed by atoms with Crippen molar-refractivity contribution in [2.24, 2.45) is 0 Å². The average molecular weight is 318 g/mol. The highest BCUT2D eigenvalue weighted by Crippen LogP contribution is 2.40. The second kappa shape index (κ2) is 5.98. The fourth-order valence-corrected chi connectivity index (χ4v) is 3.70. The summed E-state index contributed by atoms with van der Waals surface area (Å²) in [5.74, 6) is 2.72. The van der Waals surface area contributed by atoms with E-state index < -0.39 is 0 Å². The van der Waals surface area contributed by atoms with E-state index in [1.165, 1.54) is 17.7 Å². The Morgan fingerprint density at radius 3 is 2.59 bits per heavy atom. The highest BCUT2D eigenvalue weighted by molar-refractivity contribution is 9.10. The van der Waals surface area contributed by atoms with Crippen LogP contribution in [0.15, 0.2) is 16.6 Å². The molecular formula is C12H16BrNO2S. The van der Waals surface area contributed by atoms with Gasteiger partial charge >= 0.3 is 0 Å². The third-order valence-electron chi connectivity index (χ3n) is 2.72. The number of hydrogen-bond acceptors (Lipinski definition) is 4. The molecule has 0 bridgehead atoms. The van der Waals surface area contributed by atoms with Crippen molar-refractivity contribution < 1.29 is 9.47 Å². The lowest BCUT2D eigenvalue weighted by molar-refractivity contribution is 0.354. The normalized spacial score (nSPS) is 20.1. The van der Waals surface area contributed by atoms with Crippen molar-refractivity contribution >= 4 is 27.7 Å². The topological polar surface area (TPSA) is 30.5 Å². The molecule has 1 unspecified atom stereocenters. The van der Waals surface area contributed by atoms with Gasteiger partial charge in [0.25, 0.3) is 0 Å². The zero-order valence-electron chi connectivity index (χ0n) is 9.96. The van der Waals surface area contributed by atoms with E-state index in [9.17, 15) is 0 Å². The lowest BCUT2D eigenvalue weighted by Crippen LogP contribution is -2.25. The van der Waals surface area contributed by atoms with E-state index in [0.717, 1.165) is 22.5 Å². The molecule has 1 aromatic carbocycles. The van der Waals surface area contributed by atoms with Gasteiger partial charge in [0.1, 0.15) is 0 Å². The van der Waals surface area contributed by atoms with Gasteiger partial charge in [-0.25, -0.2) is 0 Å². The molecule has 1 heterocycles. The van der Waals surface area contributed by atoms with Crippen molar-refractivity contribution in [3.05, 3.63) is 22.2 Å². The molecule has 0 aromatic heterocycles. The molecule has 94 valence electrons. The predicted molar refractivity (Wildman–Crippen MR) is 75.1 cm³/mol. The number of halogens is 1. The van der Waals surface area contributed by atoms with E-state index in [1.807, 2.05) is 23.9 Å². The van der Waals surface area contributed by atoms with Crippen LogP contribution in [0.4, 0.5) is 0 Å². The molecule has 2 rings (SSSR count). The number of thioether (sulfide) groups is 1. The van der Waals surface area contributed by atoms with Gasteiger partial charge in [0.2, 0.25) is 0 Å². The third kappa shape index (κ3) is 2.89. The van der Waals surface area contributed by atoms with Gasteiger partial charge < -0.3 is 14.8 Å². The summed E-state index contributed by atoms with van der Waals surface area (Å²) in [5.41, 5.74) is 1.22. The molecule has 0 spiro atoms. The molecule has 1 aliphatic heterocycles. The number of ether oxygens (including phenoxy) is 2. The molecule has 1 N–H and O–H groups in total. The molecule has 0 amide bonds. The summed E-state index contributed by atoms with van der Waals surface area (Å²) < 4.78 is 11.7. The monoisotopic (exact) mass is 317 g/mol. The number of methoxy groups -OCH3 is 2. The van der Waals surface area contributed by atoms with Crippen LogP contribution in [0.1, 0.15) is 17.4 Å². The first kappa shape index (κ1) is 13.1. The summed E-state index contributed by atoms with van der Waals surface area (Å²) in [6.45, 7) is 1.07. The van der Waals surface area contributed by atoms with Crippen LogP contribution in [0.2, 0.25) is 0 Å². The Labute approximate surface area is 114 Å². The summed E-state index contributed by atoms with van der Waals surface area (Å²) in [5, 5.41) is 3.83. The Hall–Kier alpha value is -0.390. The summed E-state index contributed by atoms with van der Waals surface area (Å²) in [7, 11) is 3.31. The van der Waals surface area contributed by atoms with Gasteiger partial charge in [0.15, 0.2) is 11.5 Å². The molecule has 0 aliphatic carbocycles. The minimum absolute atomic E-state index is 0.331. The summed E-state index contributed by atoms with van der Waals surface area (Å²) >= 11 is 5.52. The SMILES string of the molecule is COc1cc(Br)c(C2NCCCS2)cc1OC. The lowest BCUT2D eigenvalue weighted by atomic mass is 10.2. The molecule has 1 aromatic rings. The number of nitrogens with one attached hydrogen (secondary N) is 1. The maximum absolute atomic E-state index is 5.34. The van der Waals surface area contributed by atoms with Crippen molar-refractivity contribution in [3.63, 3.8) is 0 Å². The Balaban J connectivity index is 2.32. The van der Waals surface area contributed by atoms with Crippen LogP contribution in [0.3, 0.4) is 0 Å². The van der Waals surface area contributed by atoms with Crippen LogP contribution in [-0.4, -0.2) is 26.5 Å². The van der Waals surface area contributed by atoms with Crippen LogP contribution < -0.4 is 14.8 Å². The highest BCUT2D eigenvalue weighted by Gasteiger charge is 2.20. The van der Waals surface area contributed by atoms with Crippen molar-refractivity contribution in [1.29, 1.82) is 0 Å². The quantitative estimate of drug-likeness (QED) is 0.927. The van der Waals surface area contributed by atoms with E-state index in [2.05, 4.69) is 21.2 Å². The first-order valence-electron chi connectivity index (χ1n) is 5.52. The molecule has 1 saturated heterocycles. The standard InChI is InChI=1S/C12H16BrNO2S/c1-15-10-6-8(9(13)7-11(10)16-2)12-14-4-3-5-17-12/h6-7,12,14H,3-5H2,1-2H3. The Kier molecular flexibility index (Phi) is 4.59. The molecule has 17 heavy (non-hydrogen) atoms. The maximum Gasteiger partial charge on any atom is 0.161 e. The van der Waals surface area contributed by atoms with Gasteiger partial charge in [0.05, 0.1) is 19.6 Å². The van der Waals surface area contributed by atoms with Crippen molar-refractivity contribution in [2.45, 2.75) is 11.8 Å². The van der Waals surface area contributed by atoms with Gasteiger partial charge in [-0.3, -0.25) is 0 Å². The van der Waals surface area contributed by atoms with Crippen LogP contribution in [0.25, 0.3) is 0 Å². The van der Waals surface area contributed by atoms with Gasteiger partial charge in [-0.05, 0) is 36.4 Å². The predicted octanol–water partition coefficient (Wildman–Crippen LogP) is 3.19. The largest absolute Gasteiger partial charge is 0.493 e. The fraction of sp³-hybridized carbons (Fsp3) is 0.500. The van der Waals surface area contributed by atoms with E-state index in [1.54, 1.807) is 14.2 Å². The van der Waals surface area contributed by atoms with E-state index in [4.69, 9.17) is 9.47 Å². The van der Waals surface area contributed by atoms with Crippen LogP contribution in [0, 0.1) is 0 Å². The smallest absolute Gasteiger partial charge is 0.161 e. The van der Waals surface area contributed by atoms with Gasteiger partial charge in [0, 0.05) is 4.47 Å². The molecule has 1 aliphatic rings. The Bertz CT molecular complexity index is 394. The number of hydrogen-bond donors (Lipinski definition) is 1. The van der Waals surface area contributed by atoms with Crippen LogP contribution in [0.5, 0.6) is 11.5 Å². The molecule has 1 fully saturated rings. The number of benzene rings is 1. The van der Waals surface area contributed by atoms with Crippen molar-refractivity contribution in [1.82, 2.24) is 5.32 Å². The summed E-state index contributed by atoms with van der Waals surface area (Å²) in [4.78, 5) is 0. The zero-order chi connectivity index (χ0) is 12.3. The minimum Gasteiger partial charge on any atom is -0.493 e. The molecule has 0 saturated carbocycles. The van der Waals surface area contributed by atoms with E-state index in [0.29, 0.717) is 5.37 Å². The molecule has 0 radical (unpaired) electrons. The third-order valence-corrected chi connectivity index (χ3v) is 4.69. The van der Waals surface area contributed by atoms with E-state index >= 15 is 0 Å². The lowest BCUT2D eigenvalue weighted by Gasteiger charge is -2.25. The van der Waals surface area contributed by atoms with Gasteiger partial charge in [-0.15, -0.1) is 11.8 Å². The maximum atomic E-state index is 5.34. The molecule has 5 heteroatoms. The number of rotatable bonds is 3. The van der Waals surface area contributed by atoms with Crippen molar-refractivity contribution in [2.75, 3.05) is 26.5 Å². The highest BCUT2D eigenvalue weighted by atomic mass is 79.9. The first-order valence-corrected chi connectivity index (χ1v) is 7.37. The minimum atomic E-state index is 0.331. The zero-order valence-corrected chi connectivity index (χ0v) is 12.4. The van der Waals surface area contributed by atoms with E-state index in [-0.39, 0.29) is 0 Å². The van der Waals surface area contributed by atoms with Gasteiger partial charge in [-0.1, -0.05) is 15.9 Å². The Morgan fingerprint density at radius 2 is 2.00 bits per heavy atom. The summed E-state index contributed by atoms with van der Waals surface area (Å²) in [6, 6.07) is 4.00. The van der Waals surface area contributed by atoms with Crippen LogP contribution >= 0.6 is 27.7 Å². The fourth-order valence-electron chi connectivity index (χ4n) is 1.84. The Morgan fingerprint density at radius 1 is 1.29 bits per heavy atom. The van der Waals surface area contributed by atoms with Crippen LogP contribution in [-0.2, 0) is 0 Å².